The third-order valence-corrected chi connectivity index (χ3v) is 6.29. The molecule has 2 aromatic carbocycles. The number of aromatic nitrogens is 1. The van der Waals surface area contributed by atoms with Crippen LogP contribution in [0, 0.1) is 12.7 Å². The van der Waals surface area contributed by atoms with Crippen LogP contribution in [0.15, 0.2) is 41.8 Å². The number of thiophene rings is 1. The highest BCUT2D eigenvalue weighted by Gasteiger charge is 2.17. The van der Waals surface area contributed by atoms with Gasteiger partial charge in [0.25, 0.3) is 5.91 Å². The van der Waals surface area contributed by atoms with E-state index in [1.54, 1.807) is 22.7 Å². The van der Waals surface area contributed by atoms with E-state index in [0.717, 1.165) is 25.3 Å². The molecule has 0 aliphatic carbocycles. The Morgan fingerprint density at radius 2 is 2.00 bits per heavy atom. The number of thiazole rings is 1. The number of amides is 2. The highest BCUT2D eigenvalue weighted by atomic mass is 32.1. The molecule has 9 heteroatoms. The monoisotopic (exact) mass is 443 g/mol. The van der Waals surface area contributed by atoms with Gasteiger partial charge in [-0.1, -0.05) is 0 Å². The van der Waals surface area contributed by atoms with Crippen molar-refractivity contribution in [2.45, 2.75) is 6.92 Å². The topological polar surface area (TPSA) is 71.5 Å². The number of ether oxygens (including phenoxy) is 1. The number of aryl methyl sites for hydroxylation is 1. The molecule has 0 unspecified atom stereocenters. The minimum absolute atomic E-state index is 0.138. The third-order valence-electron chi connectivity index (χ3n) is 4.45. The molecule has 154 valence electrons. The molecule has 0 saturated carbocycles. The molecular weight excluding hydrogens is 425 g/mol. The van der Waals surface area contributed by atoms with E-state index in [1.165, 1.54) is 36.2 Å². The predicted molar refractivity (Wildman–Crippen MR) is 118 cm³/mol. The number of anilines is 1. The summed E-state index contributed by atoms with van der Waals surface area (Å²) in [5.74, 6) is -0.462. The van der Waals surface area contributed by atoms with Crippen LogP contribution >= 0.6 is 22.7 Å². The Kier molecular flexibility index (Phi) is 5.65. The van der Waals surface area contributed by atoms with E-state index in [0.29, 0.717) is 11.4 Å². The van der Waals surface area contributed by atoms with Crippen LogP contribution in [0.3, 0.4) is 0 Å². The minimum atomic E-state index is -0.385. The summed E-state index contributed by atoms with van der Waals surface area (Å²) in [6.07, 6.45) is 0. The molecular formula is C21H18FN3O3S2. The summed E-state index contributed by atoms with van der Waals surface area (Å²) >= 11 is 3.17. The summed E-state index contributed by atoms with van der Waals surface area (Å²) in [5.41, 5.74) is 1.42. The van der Waals surface area contributed by atoms with Crippen LogP contribution < -0.4 is 10.1 Å². The molecule has 1 N–H and O–H groups in total. The maximum absolute atomic E-state index is 12.9. The number of hydrogen-bond donors (Lipinski definition) is 1. The first-order chi connectivity index (χ1) is 14.4. The van der Waals surface area contributed by atoms with Gasteiger partial charge >= 0.3 is 0 Å². The Morgan fingerprint density at radius 3 is 2.77 bits per heavy atom. The molecule has 0 aliphatic rings. The van der Waals surface area contributed by atoms with Gasteiger partial charge in [-0.05, 0) is 42.6 Å². The summed E-state index contributed by atoms with van der Waals surface area (Å²) < 4.78 is 20.8. The molecule has 30 heavy (non-hydrogen) atoms. The van der Waals surface area contributed by atoms with Crippen molar-refractivity contribution in [1.82, 2.24) is 9.88 Å². The van der Waals surface area contributed by atoms with Crippen molar-refractivity contribution in [3.63, 3.8) is 0 Å². The quantitative estimate of drug-likeness (QED) is 0.478. The Balaban J connectivity index is 1.39. The van der Waals surface area contributed by atoms with Crippen LogP contribution in [-0.2, 0) is 9.59 Å². The molecule has 4 rings (SSSR count). The zero-order valence-corrected chi connectivity index (χ0v) is 17.9. The SMILES string of the molecule is Cc1nc2c(cc(OCC(=O)N(C)CC(=O)Nc3ccc(F)cc3)c3ccsc32)s1. The van der Waals surface area contributed by atoms with Crippen molar-refractivity contribution in [2.24, 2.45) is 0 Å². The molecule has 4 aromatic rings. The Morgan fingerprint density at radius 1 is 1.23 bits per heavy atom. The molecule has 2 heterocycles. The van der Waals surface area contributed by atoms with Crippen LogP contribution in [0.5, 0.6) is 5.75 Å². The van der Waals surface area contributed by atoms with E-state index in [9.17, 15) is 14.0 Å². The van der Waals surface area contributed by atoms with E-state index < -0.39 is 0 Å². The number of carbonyl (C=O) groups is 2. The molecule has 0 aliphatic heterocycles. The van der Waals surface area contributed by atoms with Crippen molar-refractivity contribution in [2.75, 3.05) is 25.5 Å². The average Bonchev–Trinajstić information content (AvgIpc) is 3.33. The molecule has 0 bridgehead atoms. The van der Waals surface area contributed by atoms with E-state index in [2.05, 4.69) is 10.3 Å². The van der Waals surface area contributed by atoms with E-state index in [-0.39, 0.29) is 30.8 Å². The highest BCUT2D eigenvalue weighted by molar-refractivity contribution is 7.21. The normalized spacial score (nSPS) is 11.0. The Hall–Kier alpha value is -3.04. The second-order valence-corrected chi connectivity index (χ2v) is 8.86. The fraction of sp³-hybridized carbons (Fsp3) is 0.190. The summed E-state index contributed by atoms with van der Waals surface area (Å²) in [7, 11) is 1.53. The second kappa shape index (κ2) is 8.37. The van der Waals surface area contributed by atoms with E-state index in [1.807, 2.05) is 24.4 Å². The standard InChI is InChI=1S/C21H18FN3O3S2/c1-12-23-20-17(30-12)9-16(15-7-8-29-21(15)20)28-11-19(27)25(2)10-18(26)24-14-5-3-13(22)4-6-14/h3-9H,10-11H2,1-2H3,(H,24,26). The van der Waals surface area contributed by atoms with Crippen LogP contribution in [-0.4, -0.2) is 41.9 Å². The summed E-state index contributed by atoms with van der Waals surface area (Å²) in [6, 6.07) is 9.29. The van der Waals surface area contributed by atoms with E-state index in [4.69, 9.17) is 4.74 Å². The van der Waals surface area contributed by atoms with Gasteiger partial charge in [-0.2, -0.15) is 0 Å². The largest absolute Gasteiger partial charge is 0.483 e. The van der Waals surface area contributed by atoms with Crippen LogP contribution in [0.1, 0.15) is 5.01 Å². The maximum Gasteiger partial charge on any atom is 0.260 e. The first-order valence-corrected chi connectivity index (χ1v) is 10.8. The van der Waals surface area contributed by atoms with Crippen LogP contribution in [0.25, 0.3) is 20.3 Å². The first kappa shape index (κ1) is 20.2. The molecule has 0 fully saturated rings. The lowest BCUT2D eigenvalue weighted by atomic mass is 10.2. The summed E-state index contributed by atoms with van der Waals surface area (Å²) in [5, 5.41) is 6.49. The number of halogens is 1. The lowest BCUT2D eigenvalue weighted by Gasteiger charge is -2.17. The summed E-state index contributed by atoms with van der Waals surface area (Å²) in [6.45, 7) is 1.63. The lowest BCUT2D eigenvalue weighted by molar-refractivity contribution is -0.135. The fourth-order valence-corrected chi connectivity index (χ4v) is 4.83. The number of rotatable bonds is 6. The molecule has 0 radical (unpaired) electrons. The van der Waals surface area contributed by atoms with Gasteiger partial charge < -0.3 is 15.0 Å². The Labute approximate surface area is 179 Å². The second-order valence-electron chi connectivity index (χ2n) is 6.71. The van der Waals surface area contributed by atoms with Gasteiger partial charge in [0, 0.05) is 24.2 Å². The van der Waals surface area contributed by atoms with Crippen molar-refractivity contribution < 1.29 is 18.7 Å². The molecule has 0 atom stereocenters. The van der Waals surface area contributed by atoms with Crippen LogP contribution in [0.4, 0.5) is 10.1 Å². The fourth-order valence-electron chi connectivity index (χ4n) is 2.99. The predicted octanol–water partition coefficient (Wildman–Crippen LogP) is 4.43. The molecule has 2 amide bonds. The zero-order valence-electron chi connectivity index (χ0n) is 16.3. The van der Waals surface area contributed by atoms with Crippen LogP contribution in [0.2, 0.25) is 0 Å². The van der Waals surface area contributed by atoms with Gasteiger partial charge in [0.05, 0.1) is 26.5 Å². The number of fused-ring (bicyclic) bond motifs is 3. The van der Waals surface area contributed by atoms with Gasteiger partial charge in [-0.25, -0.2) is 9.37 Å². The number of nitrogens with zero attached hydrogens (tertiary/aromatic N) is 2. The first-order valence-electron chi connectivity index (χ1n) is 9.10. The van der Waals surface area contributed by atoms with Gasteiger partial charge in [-0.3, -0.25) is 9.59 Å². The molecule has 0 spiro atoms. The van der Waals surface area contributed by atoms with Crippen molar-refractivity contribution in [1.29, 1.82) is 0 Å². The molecule has 2 aromatic heterocycles. The summed E-state index contributed by atoms with van der Waals surface area (Å²) in [4.78, 5) is 30.5. The minimum Gasteiger partial charge on any atom is -0.483 e. The zero-order chi connectivity index (χ0) is 21.3. The third kappa shape index (κ3) is 4.27. The van der Waals surface area contributed by atoms with Gasteiger partial charge in [0.15, 0.2) is 6.61 Å². The highest BCUT2D eigenvalue weighted by Crippen LogP contribution is 2.38. The van der Waals surface area contributed by atoms with Crippen molar-refractivity contribution in [3.8, 4) is 5.75 Å². The molecule has 6 nitrogen and oxygen atoms in total. The maximum atomic E-state index is 12.9. The van der Waals surface area contributed by atoms with Gasteiger partial charge in [-0.15, -0.1) is 22.7 Å². The average molecular weight is 444 g/mol. The van der Waals surface area contributed by atoms with E-state index >= 15 is 0 Å². The lowest BCUT2D eigenvalue weighted by Crippen LogP contribution is -2.37. The number of nitrogens with one attached hydrogen (secondary N) is 1. The van der Waals surface area contributed by atoms with Crippen molar-refractivity contribution in [3.05, 3.63) is 52.6 Å². The number of likely N-dealkylation sites (N-methyl/N-ethyl adjacent to an activating group) is 1. The smallest absolute Gasteiger partial charge is 0.260 e. The number of hydrogen-bond acceptors (Lipinski definition) is 6. The Bertz CT molecular complexity index is 1230. The van der Waals surface area contributed by atoms with Gasteiger partial charge in [0.1, 0.15) is 11.6 Å². The van der Waals surface area contributed by atoms with Crippen molar-refractivity contribution >= 4 is 60.5 Å². The number of benzene rings is 2. The number of carbonyl (C=O) groups excluding carboxylic acids is 2. The van der Waals surface area contributed by atoms with Gasteiger partial charge in [0.2, 0.25) is 5.91 Å². The molecule has 0 saturated heterocycles.